The first-order chi connectivity index (χ1) is 7.72. The van der Waals surface area contributed by atoms with Gasteiger partial charge in [-0.25, -0.2) is 4.98 Å². The number of hydrogen-bond acceptors (Lipinski definition) is 2. The molecule has 1 fully saturated rings. The summed E-state index contributed by atoms with van der Waals surface area (Å²) in [6.45, 7) is 4.35. The van der Waals surface area contributed by atoms with Gasteiger partial charge in [0.2, 0.25) is 0 Å². The van der Waals surface area contributed by atoms with Crippen molar-refractivity contribution in [3.8, 4) is 0 Å². The van der Waals surface area contributed by atoms with Gasteiger partial charge in [0.15, 0.2) is 0 Å². The molecule has 1 atom stereocenters. The van der Waals surface area contributed by atoms with Gasteiger partial charge in [-0.3, -0.25) is 0 Å². The summed E-state index contributed by atoms with van der Waals surface area (Å²) in [4.78, 5) is 6.89. The molecule has 0 radical (unpaired) electrons. The van der Waals surface area contributed by atoms with E-state index >= 15 is 0 Å². The Bertz CT molecular complexity index is 368. The first kappa shape index (κ1) is 12.4. The molecule has 0 spiro atoms. The van der Waals surface area contributed by atoms with Crippen LogP contribution in [0.15, 0.2) is 16.7 Å². The summed E-state index contributed by atoms with van der Waals surface area (Å²) in [5.74, 6) is 1.86. The normalized spacial score (nSPS) is 21.2. The third-order valence-electron chi connectivity index (χ3n) is 3.10. The minimum Gasteiger partial charge on any atom is -0.355 e. The molecule has 2 rings (SSSR count). The Morgan fingerprint density at radius 1 is 1.56 bits per heavy atom. The SMILES string of the molecule is Cc1ccnc(N2CCCC(CBr)C2)c1Br. The van der Waals surface area contributed by atoms with Gasteiger partial charge in [-0.1, -0.05) is 15.9 Å². The standard InChI is InChI=1S/C12H16Br2N2/c1-9-4-5-15-12(11(9)14)16-6-2-3-10(7-13)8-16/h4-5,10H,2-3,6-8H2,1H3. The molecule has 1 aliphatic heterocycles. The molecule has 2 nitrogen and oxygen atoms in total. The quantitative estimate of drug-likeness (QED) is 0.757. The van der Waals surface area contributed by atoms with E-state index in [1.807, 2.05) is 12.3 Å². The van der Waals surface area contributed by atoms with Crippen molar-refractivity contribution in [1.29, 1.82) is 0 Å². The summed E-state index contributed by atoms with van der Waals surface area (Å²) in [6.07, 6.45) is 4.48. The highest BCUT2D eigenvalue weighted by Crippen LogP contribution is 2.30. The number of rotatable bonds is 2. The largest absolute Gasteiger partial charge is 0.355 e. The van der Waals surface area contributed by atoms with Crippen LogP contribution >= 0.6 is 31.9 Å². The lowest BCUT2D eigenvalue weighted by atomic mass is 10.0. The van der Waals surface area contributed by atoms with E-state index in [2.05, 4.69) is 48.7 Å². The minimum atomic E-state index is 0.753. The lowest BCUT2D eigenvalue weighted by Crippen LogP contribution is -2.36. The Morgan fingerprint density at radius 3 is 3.12 bits per heavy atom. The van der Waals surface area contributed by atoms with Crippen LogP contribution in [0.4, 0.5) is 5.82 Å². The zero-order valence-corrected chi connectivity index (χ0v) is 12.6. The second kappa shape index (κ2) is 5.50. The van der Waals surface area contributed by atoms with Gasteiger partial charge in [0.05, 0.1) is 4.47 Å². The molecule has 0 N–H and O–H groups in total. The Balaban J connectivity index is 2.20. The van der Waals surface area contributed by atoms with Crippen molar-refractivity contribution < 1.29 is 0 Å². The maximum atomic E-state index is 4.50. The average Bonchev–Trinajstić information content (AvgIpc) is 2.33. The summed E-state index contributed by atoms with van der Waals surface area (Å²) in [7, 11) is 0. The van der Waals surface area contributed by atoms with Gasteiger partial charge in [0.25, 0.3) is 0 Å². The maximum Gasteiger partial charge on any atom is 0.143 e. The van der Waals surface area contributed by atoms with Gasteiger partial charge in [-0.2, -0.15) is 0 Å². The average molecular weight is 348 g/mol. The smallest absolute Gasteiger partial charge is 0.143 e. The van der Waals surface area contributed by atoms with E-state index in [4.69, 9.17) is 0 Å². The van der Waals surface area contributed by atoms with Crippen LogP contribution < -0.4 is 4.90 Å². The minimum absolute atomic E-state index is 0.753. The van der Waals surface area contributed by atoms with E-state index in [0.29, 0.717) is 0 Å². The lowest BCUT2D eigenvalue weighted by Gasteiger charge is -2.33. The van der Waals surface area contributed by atoms with Crippen molar-refractivity contribution >= 4 is 37.7 Å². The fourth-order valence-electron chi connectivity index (χ4n) is 2.13. The van der Waals surface area contributed by atoms with E-state index < -0.39 is 0 Å². The van der Waals surface area contributed by atoms with Crippen LogP contribution in [-0.2, 0) is 0 Å². The summed E-state index contributed by atoms with van der Waals surface area (Å²) in [6, 6.07) is 2.04. The molecule has 88 valence electrons. The fraction of sp³-hybridized carbons (Fsp3) is 0.583. The molecule has 0 aromatic carbocycles. The molecular formula is C12H16Br2N2. The van der Waals surface area contributed by atoms with Crippen LogP contribution in [0.3, 0.4) is 0 Å². The summed E-state index contributed by atoms with van der Waals surface area (Å²) >= 11 is 7.23. The molecule has 1 unspecified atom stereocenters. The van der Waals surface area contributed by atoms with E-state index in [1.165, 1.54) is 18.4 Å². The third kappa shape index (κ3) is 2.59. The predicted molar refractivity (Wildman–Crippen MR) is 75.4 cm³/mol. The van der Waals surface area contributed by atoms with Crippen molar-refractivity contribution in [1.82, 2.24) is 4.98 Å². The molecule has 1 aromatic rings. The molecule has 1 saturated heterocycles. The van der Waals surface area contributed by atoms with Crippen molar-refractivity contribution in [3.63, 3.8) is 0 Å². The highest BCUT2D eigenvalue weighted by atomic mass is 79.9. The third-order valence-corrected chi connectivity index (χ3v) is 5.00. The van der Waals surface area contributed by atoms with E-state index in [0.717, 1.165) is 34.6 Å². The monoisotopic (exact) mass is 346 g/mol. The number of aryl methyl sites for hydroxylation is 1. The Morgan fingerprint density at radius 2 is 2.38 bits per heavy atom. The highest BCUT2D eigenvalue weighted by Gasteiger charge is 2.21. The lowest BCUT2D eigenvalue weighted by molar-refractivity contribution is 0.452. The summed E-state index contributed by atoms with van der Waals surface area (Å²) < 4.78 is 1.14. The Hall–Kier alpha value is -0.0900. The van der Waals surface area contributed by atoms with Crippen LogP contribution in [0, 0.1) is 12.8 Å². The van der Waals surface area contributed by atoms with Gasteiger partial charge in [0, 0.05) is 24.6 Å². The van der Waals surface area contributed by atoms with Gasteiger partial charge in [-0.05, 0) is 53.2 Å². The molecule has 2 heterocycles. The molecule has 16 heavy (non-hydrogen) atoms. The number of alkyl halides is 1. The van der Waals surface area contributed by atoms with Crippen molar-refractivity contribution in [2.45, 2.75) is 19.8 Å². The molecule has 1 aromatic heterocycles. The fourth-order valence-corrected chi connectivity index (χ4v) is 3.14. The second-order valence-corrected chi connectivity index (χ2v) is 5.81. The van der Waals surface area contributed by atoms with Crippen LogP contribution in [0.2, 0.25) is 0 Å². The molecule has 1 aliphatic rings. The Labute approximate surface area is 114 Å². The molecule has 0 amide bonds. The second-order valence-electron chi connectivity index (χ2n) is 4.37. The number of hydrogen-bond donors (Lipinski definition) is 0. The number of aromatic nitrogens is 1. The molecule has 0 aliphatic carbocycles. The van der Waals surface area contributed by atoms with Crippen LogP contribution in [0.1, 0.15) is 18.4 Å². The van der Waals surface area contributed by atoms with Crippen molar-refractivity contribution in [3.05, 3.63) is 22.3 Å². The summed E-state index contributed by atoms with van der Waals surface area (Å²) in [5, 5.41) is 1.09. The maximum absolute atomic E-state index is 4.50. The number of pyridine rings is 1. The van der Waals surface area contributed by atoms with Crippen LogP contribution in [-0.4, -0.2) is 23.4 Å². The summed E-state index contributed by atoms with van der Waals surface area (Å²) in [5.41, 5.74) is 1.26. The topological polar surface area (TPSA) is 16.1 Å². The number of piperidine rings is 1. The molecule has 4 heteroatoms. The van der Waals surface area contributed by atoms with Gasteiger partial charge >= 0.3 is 0 Å². The van der Waals surface area contributed by atoms with Crippen molar-refractivity contribution in [2.24, 2.45) is 5.92 Å². The van der Waals surface area contributed by atoms with Crippen molar-refractivity contribution in [2.75, 3.05) is 23.3 Å². The zero-order valence-electron chi connectivity index (χ0n) is 9.42. The number of nitrogens with zero attached hydrogens (tertiary/aromatic N) is 2. The van der Waals surface area contributed by atoms with Crippen LogP contribution in [0.25, 0.3) is 0 Å². The van der Waals surface area contributed by atoms with E-state index in [-0.39, 0.29) is 0 Å². The predicted octanol–water partition coefficient (Wildman–Crippen LogP) is 3.76. The zero-order chi connectivity index (χ0) is 11.5. The first-order valence-corrected chi connectivity index (χ1v) is 7.56. The Kier molecular flexibility index (Phi) is 4.25. The molecule has 0 saturated carbocycles. The highest BCUT2D eigenvalue weighted by molar-refractivity contribution is 9.10. The van der Waals surface area contributed by atoms with Crippen LogP contribution in [0.5, 0.6) is 0 Å². The molecule has 0 bridgehead atoms. The van der Waals surface area contributed by atoms with E-state index in [1.54, 1.807) is 0 Å². The van der Waals surface area contributed by atoms with Gasteiger partial charge in [0.1, 0.15) is 5.82 Å². The number of anilines is 1. The molecular weight excluding hydrogens is 332 g/mol. The van der Waals surface area contributed by atoms with Gasteiger partial charge in [-0.15, -0.1) is 0 Å². The first-order valence-electron chi connectivity index (χ1n) is 5.64. The van der Waals surface area contributed by atoms with Gasteiger partial charge < -0.3 is 4.90 Å². The number of halogens is 2. The van der Waals surface area contributed by atoms with E-state index in [9.17, 15) is 0 Å².